The zero-order valence-electron chi connectivity index (χ0n) is 11.1. The fraction of sp³-hybridized carbons (Fsp3) is 0.500. The predicted octanol–water partition coefficient (Wildman–Crippen LogP) is 1.88. The summed E-state index contributed by atoms with van der Waals surface area (Å²) in [5, 5.41) is 0. The second-order valence-electron chi connectivity index (χ2n) is 4.86. The Morgan fingerprint density at radius 2 is 2.22 bits per heavy atom. The van der Waals surface area contributed by atoms with Crippen LogP contribution < -0.4 is 15.4 Å². The molecule has 1 aromatic rings. The molecule has 1 amide bonds. The summed E-state index contributed by atoms with van der Waals surface area (Å²) >= 11 is 0. The lowest BCUT2D eigenvalue weighted by Gasteiger charge is -2.31. The number of hydrogen-bond acceptors (Lipinski definition) is 3. The zero-order valence-corrected chi connectivity index (χ0v) is 11.1. The smallest absolute Gasteiger partial charge is 0.267 e. The minimum atomic E-state index is -0.408. The lowest BCUT2D eigenvalue weighted by atomic mass is 9.96. The van der Waals surface area contributed by atoms with Crippen molar-refractivity contribution in [3.8, 4) is 5.75 Å². The van der Waals surface area contributed by atoms with Crippen LogP contribution in [0.1, 0.15) is 31.7 Å². The summed E-state index contributed by atoms with van der Waals surface area (Å²) in [6.45, 7) is 4.58. The Morgan fingerprint density at radius 3 is 2.89 bits per heavy atom. The first-order chi connectivity index (χ1) is 8.54. The summed E-state index contributed by atoms with van der Waals surface area (Å²) in [6, 6.07) is 6.02. The summed E-state index contributed by atoms with van der Waals surface area (Å²) in [5.74, 6) is 1.16. The molecule has 0 bridgehead atoms. The normalized spacial score (nSPS) is 20.3. The van der Waals surface area contributed by atoms with Gasteiger partial charge in [0.05, 0.1) is 5.69 Å². The van der Waals surface area contributed by atoms with Gasteiger partial charge in [0, 0.05) is 7.05 Å². The molecule has 1 aliphatic heterocycles. The molecule has 1 aromatic carbocycles. The molecule has 98 valence electrons. The number of fused-ring (bicyclic) bond motifs is 1. The van der Waals surface area contributed by atoms with Gasteiger partial charge in [-0.05, 0) is 43.5 Å². The molecule has 0 saturated heterocycles. The van der Waals surface area contributed by atoms with Crippen molar-refractivity contribution in [2.75, 3.05) is 18.5 Å². The SMILES string of the molecule is CC1Oc2ccc(C(C)CCN)cc2N(C)C1=O. The van der Waals surface area contributed by atoms with Crippen LogP contribution in [0, 0.1) is 0 Å². The number of carbonyl (C=O) groups excluding carboxylic acids is 1. The van der Waals surface area contributed by atoms with E-state index in [0.29, 0.717) is 12.5 Å². The van der Waals surface area contributed by atoms with Crippen molar-refractivity contribution in [3.63, 3.8) is 0 Å². The van der Waals surface area contributed by atoms with E-state index in [4.69, 9.17) is 10.5 Å². The minimum Gasteiger partial charge on any atom is -0.479 e. The molecule has 4 nitrogen and oxygen atoms in total. The van der Waals surface area contributed by atoms with Crippen molar-refractivity contribution >= 4 is 11.6 Å². The Labute approximate surface area is 108 Å². The monoisotopic (exact) mass is 248 g/mol. The maximum Gasteiger partial charge on any atom is 0.267 e. The molecule has 0 radical (unpaired) electrons. The van der Waals surface area contributed by atoms with Gasteiger partial charge in [-0.1, -0.05) is 13.0 Å². The first-order valence-electron chi connectivity index (χ1n) is 6.32. The Balaban J connectivity index is 2.34. The van der Waals surface area contributed by atoms with E-state index < -0.39 is 6.10 Å². The number of ether oxygens (including phenoxy) is 1. The van der Waals surface area contributed by atoms with Crippen LogP contribution in [0.2, 0.25) is 0 Å². The molecular weight excluding hydrogens is 228 g/mol. The van der Waals surface area contributed by atoms with Gasteiger partial charge < -0.3 is 15.4 Å². The van der Waals surface area contributed by atoms with Gasteiger partial charge in [-0.25, -0.2) is 0 Å². The third-order valence-corrected chi connectivity index (χ3v) is 3.50. The number of hydrogen-bond donors (Lipinski definition) is 1. The predicted molar refractivity (Wildman–Crippen MR) is 72.0 cm³/mol. The molecular formula is C14H20N2O2. The number of likely N-dealkylation sites (N-methyl/N-ethyl adjacent to an activating group) is 1. The van der Waals surface area contributed by atoms with Crippen molar-refractivity contribution < 1.29 is 9.53 Å². The molecule has 0 aromatic heterocycles. The summed E-state index contributed by atoms with van der Waals surface area (Å²) in [4.78, 5) is 13.5. The third-order valence-electron chi connectivity index (χ3n) is 3.50. The second kappa shape index (κ2) is 4.98. The molecule has 2 atom stereocenters. The van der Waals surface area contributed by atoms with E-state index in [2.05, 4.69) is 13.0 Å². The fourth-order valence-electron chi connectivity index (χ4n) is 2.25. The van der Waals surface area contributed by atoms with Crippen molar-refractivity contribution in [2.45, 2.75) is 32.3 Å². The molecule has 2 unspecified atom stereocenters. The largest absolute Gasteiger partial charge is 0.479 e. The molecule has 0 saturated carbocycles. The average molecular weight is 248 g/mol. The van der Waals surface area contributed by atoms with E-state index in [1.807, 2.05) is 12.1 Å². The second-order valence-corrected chi connectivity index (χ2v) is 4.86. The van der Waals surface area contributed by atoms with Gasteiger partial charge in [0.25, 0.3) is 5.91 Å². The lowest BCUT2D eigenvalue weighted by molar-refractivity contribution is -0.125. The van der Waals surface area contributed by atoms with Gasteiger partial charge in [-0.2, -0.15) is 0 Å². The van der Waals surface area contributed by atoms with E-state index in [9.17, 15) is 4.79 Å². The Kier molecular flexibility index (Phi) is 3.57. The quantitative estimate of drug-likeness (QED) is 0.888. The van der Waals surface area contributed by atoms with E-state index in [0.717, 1.165) is 17.9 Å². The Hall–Kier alpha value is -1.55. The number of nitrogens with zero attached hydrogens (tertiary/aromatic N) is 1. The van der Waals surface area contributed by atoms with E-state index in [-0.39, 0.29) is 5.91 Å². The number of nitrogens with two attached hydrogens (primary N) is 1. The molecule has 4 heteroatoms. The third kappa shape index (κ3) is 2.20. The van der Waals surface area contributed by atoms with Gasteiger partial charge >= 0.3 is 0 Å². The summed E-state index contributed by atoms with van der Waals surface area (Å²) < 4.78 is 5.59. The van der Waals surface area contributed by atoms with Crippen molar-refractivity contribution in [3.05, 3.63) is 23.8 Å². The van der Waals surface area contributed by atoms with Crippen molar-refractivity contribution in [1.82, 2.24) is 0 Å². The Morgan fingerprint density at radius 1 is 1.50 bits per heavy atom. The number of anilines is 1. The number of amides is 1. The molecule has 2 N–H and O–H groups in total. The number of carbonyl (C=O) groups is 1. The highest BCUT2D eigenvalue weighted by molar-refractivity contribution is 5.99. The van der Waals surface area contributed by atoms with Crippen LogP contribution in [0.15, 0.2) is 18.2 Å². The maximum absolute atomic E-state index is 11.9. The van der Waals surface area contributed by atoms with Gasteiger partial charge in [-0.15, -0.1) is 0 Å². The first-order valence-corrected chi connectivity index (χ1v) is 6.32. The molecule has 1 aliphatic rings. The van der Waals surface area contributed by atoms with E-state index >= 15 is 0 Å². The van der Waals surface area contributed by atoms with Gasteiger partial charge in [0.15, 0.2) is 6.10 Å². The zero-order chi connectivity index (χ0) is 13.3. The lowest BCUT2D eigenvalue weighted by Crippen LogP contribution is -2.42. The van der Waals surface area contributed by atoms with Crippen LogP contribution in [-0.4, -0.2) is 25.6 Å². The average Bonchev–Trinajstić information content (AvgIpc) is 2.36. The van der Waals surface area contributed by atoms with E-state index in [1.165, 1.54) is 5.56 Å². The standard InChI is InChI=1S/C14H20N2O2/c1-9(6-7-15)11-4-5-13-12(8-11)16(3)14(17)10(2)18-13/h4-5,8-10H,6-7,15H2,1-3H3. The molecule has 2 rings (SSSR count). The fourth-order valence-corrected chi connectivity index (χ4v) is 2.25. The molecule has 1 heterocycles. The number of benzene rings is 1. The van der Waals surface area contributed by atoms with Gasteiger partial charge in [-0.3, -0.25) is 4.79 Å². The summed E-state index contributed by atoms with van der Waals surface area (Å²) in [5.41, 5.74) is 7.62. The van der Waals surface area contributed by atoms with Crippen molar-refractivity contribution in [2.24, 2.45) is 5.73 Å². The number of rotatable bonds is 3. The molecule has 18 heavy (non-hydrogen) atoms. The Bertz CT molecular complexity index is 459. The van der Waals surface area contributed by atoms with Crippen LogP contribution in [0.3, 0.4) is 0 Å². The van der Waals surface area contributed by atoms with Crippen LogP contribution in [-0.2, 0) is 4.79 Å². The van der Waals surface area contributed by atoms with Crippen LogP contribution in [0.4, 0.5) is 5.69 Å². The molecule has 0 spiro atoms. The maximum atomic E-state index is 11.9. The first kappa shape index (κ1) is 12.9. The van der Waals surface area contributed by atoms with Crippen LogP contribution in [0.5, 0.6) is 5.75 Å². The molecule has 0 fully saturated rings. The van der Waals surface area contributed by atoms with Gasteiger partial charge in [0.2, 0.25) is 0 Å². The summed E-state index contributed by atoms with van der Waals surface area (Å²) in [7, 11) is 1.79. The van der Waals surface area contributed by atoms with Crippen LogP contribution >= 0.6 is 0 Å². The summed E-state index contributed by atoms with van der Waals surface area (Å²) in [6.07, 6.45) is 0.531. The highest BCUT2D eigenvalue weighted by Gasteiger charge is 2.29. The molecule has 0 aliphatic carbocycles. The highest BCUT2D eigenvalue weighted by atomic mass is 16.5. The van der Waals surface area contributed by atoms with Crippen LogP contribution in [0.25, 0.3) is 0 Å². The minimum absolute atomic E-state index is 0.00821. The highest BCUT2D eigenvalue weighted by Crippen LogP contribution is 2.36. The van der Waals surface area contributed by atoms with E-state index in [1.54, 1.807) is 18.9 Å². The van der Waals surface area contributed by atoms with Crippen molar-refractivity contribution in [1.29, 1.82) is 0 Å². The van der Waals surface area contributed by atoms with Gasteiger partial charge in [0.1, 0.15) is 5.75 Å². The topological polar surface area (TPSA) is 55.6 Å².